The number of aryl methyl sites for hydroxylation is 1. The van der Waals surface area contributed by atoms with E-state index >= 15 is 0 Å². The quantitative estimate of drug-likeness (QED) is 0.602. The lowest BCUT2D eigenvalue weighted by Gasteiger charge is -2.13. The van der Waals surface area contributed by atoms with Crippen molar-refractivity contribution in [1.82, 2.24) is 0 Å². The summed E-state index contributed by atoms with van der Waals surface area (Å²) in [6.45, 7) is 4.22. The van der Waals surface area contributed by atoms with Crippen LogP contribution >= 0.6 is 0 Å². The van der Waals surface area contributed by atoms with Crippen LogP contribution in [-0.2, 0) is 0 Å². The van der Waals surface area contributed by atoms with Crippen LogP contribution < -0.4 is 20.1 Å². The number of ether oxygens (including phenoxy) is 2. The summed E-state index contributed by atoms with van der Waals surface area (Å²) in [6.07, 6.45) is -0.648. The molecule has 3 rings (SSSR count). The number of hydrogen-bond acceptors (Lipinski definition) is 4. The highest BCUT2D eigenvalue weighted by molar-refractivity contribution is 6.07. The molecular weight excluding hydrogens is 368 g/mol. The van der Waals surface area contributed by atoms with Gasteiger partial charge in [-0.05, 0) is 56.3 Å². The Labute approximate surface area is 169 Å². The summed E-state index contributed by atoms with van der Waals surface area (Å²) in [5, 5.41) is 5.47. The fraction of sp³-hybridized carbons (Fsp3) is 0.130. The average Bonchev–Trinajstić information content (AvgIpc) is 2.71. The van der Waals surface area contributed by atoms with Gasteiger partial charge in [-0.25, -0.2) is 4.79 Å². The predicted octanol–water partition coefficient (Wildman–Crippen LogP) is 5.26. The van der Waals surface area contributed by atoms with Gasteiger partial charge < -0.3 is 14.8 Å². The smallest absolute Gasteiger partial charge is 0.417 e. The molecule has 0 aliphatic heterocycles. The Morgan fingerprint density at radius 2 is 1.55 bits per heavy atom. The predicted molar refractivity (Wildman–Crippen MR) is 113 cm³/mol. The molecule has 0 heterocycles. The van der Waals surface area contributed by atoms with Crippen molar-refractivity contribution in [3.05, 3.63) is 83.9 Å². The van der Waals surface area contributed by atoms with E-state index in [1.165, 1.54) is 0 Å². The average molecular weight is 390 g/mol. The van der Waals surface area contributed by atoms with Crippen molar-refractivity contribution in [3.8, 4) is 11.5 Å². The molecule has 0 spiro atoms. The van der Waals surface area contributed by atoms with Crippen molar-refractivity contribution in [2.24, 2.45) is 0 Å². The molecule has 2 N–H and O–H groups in total. The number of benzene rings is 3. The van der Waals surface area contributed by atoms with Gasteiger partial charge in [-0.15, -0.1) is 0 Å². The zero-order chi connectivity index (χ0) is 20.6. The molecule has 0 aliphatic carbocycles. The van der Waals surface area contributed by atoms with E-state index in [9.17, 15) is 9.59 Å². The molecule has 0 saturated carbocycles. The highest BCUT2D eigenvalue weighted by Crippen LogP contribution is 2.25. The van der Waals surface area contributed by atoms with Crippen LogP contribution in [0.15, 0.2) is 72.8 Å². The molecule has 0 aliphatic rings. The number of carbonyl (C=O) groups is 2. The number of carbonyl (C=O) groups excluding carboxylic acids is 2. The summed E-state index contributed by atoms with van der Waals surface area (Å²) in [6, 6.07) is 21.1. The lowest BCUT2D eigenvalue weighted by atomic mass is 10.1. The molecule has 0 fully saturated rings. The van der Waals surface area contributed by atoms with Gasteiger partial charge in [0.05, 0.1) is 12.2 Å². The molecule has 0 unspecified atom stereocenters. The van der Waals surface area contributed by atoms with E-state index in [-0.39, 0.29) is 5.91 Å². The second-order valence-electron chi connectivity index (χ2n) is 6.29. The van der Waals surface area contributed by atoms with Crippen LogP contribution in [0.2, 0.25) is 0 Å². The molecule has 6 heteroatoms. The van der Waals surface area contributed by atoms with Gasteiger partial charge >= 0.3 is 6.09 Å². The van der Waals surface area contributed by atoms with Crippen molar-refractivity contribution in [1.29, 1.82) is 0 Å². The first-order valence-corrected chi connectivity index (χ1v) is 9.24. The lowest BCUT2D eigenvalue weighted by Crippen LogP contribution is -2.18. The van der Waals surface area contributed by atoms with E-state index in [1.807, 2.05) is 44.2 Å². The first-order chi connectivity index (χ1) is 14.0. The van der Waals surface area contributed by atoms with Gasteiger partial charge in [-0.3, -0.25) is 10.1 Å². The first kappa shape index (κ1) is 19.9. The number of rotatable bonds is 6. The molecular formula is C23H22N2O4. The Kier molecular flexibility index (Phi) is 6.47. The number of para-hydroxylation sites is 1. The standard InChI is InChI=1S/C23H22N2O4/c1-3-28-21-14-13-18(25-23(27)29-19-7-5-4-6-8-19)15-20(21)22(26)24-17-11-9-16(2)10-12-17/h4-15H,3H2,1-2H3,(H,24,26)(H,25,27). The molecule has 0 radical (unpaired) electrons. The largest absolute Gasteiger partial charge is 0.493 e. The molecule has 0 saturated heterocycles. The number of nitrogens with one attached hydrogen (secondary N) is 2. The fourth-order valence-corrected chi connectivity index (χ4v) is 2.64. The zero-order valence-electron chi connectivity index (χ0n) is 16.3. The number of hydrogen-bond donors (Lipinski definition) is 2. The molecule has 2 amide bonds. The van der Waals surface area contributed by atoms with Gasteiger partial charge in [-0.2, -0.15) is 0 Å². The summed E-state index contributed by atoms with van der Waals surface area (Å²) >= 11 is 0. The van der Waals surface area contributed by atoms with Crippen molar-refractivity contribution in [2.45, 2.75) is 13.8 Å². The van der Waals surface area contributed by atoms with Gasteiger partial charge in [0.2, 0.25) is 0 Å². The van der Waals surface area contributed by atoms with Crippen molar-refractivity contribution < 1.29 is 19.1 Å². The third-order valence-electron chi connectivity index (χ3n) is 4.03. The van der Waals surface area contributed by atoms with Crippen molar-refractivity contribution in [3.63, 3.8) is 0 Å². The van der Waals surface area contributed by atoms with Crippen molar-refractivity contribution in [2.75, 3.05) is 17.2 Å². The summed E-state index contributed by atoms with van der Waals surface area (Å²) in [4.78, 5) is 24.9. The van der Waals surface area contributed by atoms with E-state index in [0.717, 1.165) is 5.56 Å². The maximum Gasteiger partial charge on any atom is 0.417 e. The maximum absolute atomic E-state index is 12.8. The number of anilines is 2. The Hall–Kier alpha value is -3.80. The summed E-state index contributed by atoms with van der Waals surface area (Å²) in [7, 11) is 0. The molecule has 3 aromatic carbocycles. The maximum atomic E-state index is 12.8. The third-order valence-corrected chi connectivity index (χ3v) is 4.03. The second-order valence-corrected chi connectivity index (χ2v) is 6.29. The van der Waals surface area contributed by atoms with E-state index in [0.29, 0.717) is 35.0 Å². The van der Waals surface area contributed by atoms with Crippen LogP contribution in [0.1, 0.15) is 22.8 Å². The van der Waals surface area contributed by atoms with Crippen LogP contribution in [0, 0.1) is 6.92 Å². The van der Waals surface area contributed by atoms with E-state index in [1.54, 1.807) is 42.5 Å². The minimum Gasteiger partial charge on any atom is -0.493 e. The van der Waals surface area contributed by atoms with Gasteiger partial charge in [0.25, 0.3) is 5.91 Å². The summed E-state index contributed by atoms with van der Waals surface area (Å²) in [5.74, 6) is 0.518. The molecule has 29 heavy (non-hydrogen) atoms. The van der Waals surface area contributed by atoms with E-state index < -0.39 is 6.09 Å². The molecule has 3 aromatic rings. The summed E-state index contributed by atoms with van der Waals surface area (Å²) in [5.41, 5.74) is 2.50. The van der Waals surface area contributed by atoms with Crippen LogP contribution in [0.3, 0.4) is 0 Å². The normalized spacial score (nSPS) is 10.1. The zero-order valence-corrected chi connectivity index (χ0v) is 16.3. The van der Waals surface area contributed by atoms with Crippen LogP contribution in [-0.4, -0.2) is 18.6 Å². The van der Waals surface area contributed by atoms with Gasteiger partial charge in [0.1, 0.15) is 11.5 Å². The fourth-order valence-electron chi connectivity index (χ4n) is 2.64. The topological polar surface area (TPSA) is 76.7 Å². The molecule has 6 nitrogen and oxygen atoms in total. The minimum atomic E-state index is -0.648. The second kappa shape index (κ2) is 9.41. The van der Waals surface area contributed by atoms with Gasteiger partial charge in [-0.1, -0.05) is 35.9 Å². The lowest BCUT2D eigenvalue weighted by molar-refractivity contribution is 0.102. The summed E-state index contributed by atoms with van der Waals surface area (Å²) < 4.78 is 10.8. The Morgan fingerprint density at radius 3 is 2.24 bits per heavy atom. The van der Waals surface area contributed by atoms with E-state index in [2.05, 4.69) is 10.6 Å². The molecule has 0 aromatic heterocycles. The Morgan fingerprint density at radius 1 is 0.862 bits per heavy atom. The Balaban J connectivity index is 1.76. The Bertz CT molecular complexity index is 986. The third kappa shape index (κ3) is 5.59. The van der Waals surface area contributed by atoms with Crippen LogP contribution in [0.5, 0.6) is 11.5 Å². The van der Waals surface area contributed by atoms with Crippen LogP contribution in [0.25, 0.3) is 0 Å². The monoisotopic (exact) mass is 390 g/mol. The van der Waals surface area contributed by atoms with Crippen molar-refractivity contribution >= 4 is 23.4 Å². The number of amides is 2. The van der Waals surface area contributed by atoms with E-state index in [4.69, 9.17) is 9.47 Å². The van der Waals surface area contributed by atoms with Gasteiger partial charge in [0.15, 0.2) is 0 Å². The minimum absolute atomic E-state index is 0.310. The molecule has 148 valence electrons. The SMILES string of the molecule is CCOc1ccc(NC(=O)Oc2ccccc2)cc1C(=O)Nc1ccc(C)cc1. The highest BCUT2D eigenvalue weighted by atomic mass is 16.6. The highest BCUT2D eigenvalue weighted by Gasteiger charge is 2.15. The molecule has 0 bridgehead atoms. The first-order valence-electron chi connectivity index (χ1n) is 9.24. The van der Waals surface area contributed by atoms with Crippen LogP contribution in [0.4, 0.5) is 16.2 Å². The molecule has 0 atom stereocenters. The van der Waals surface area contributed by atoms with Gasteiger partial charge in [0, 0.05) is 11.4 Å².